The van der Waals surface area contributed by atoms with E-state index in [1.54, 1.807) is 48.5 Å². The zero-order chi connectivity index (χ0) is 22.8. The van der Waals surface area contributed by atoms with E-state index >= 15 is 0 Å². The second kappa shape index (κ2) is 8.97. The molecule has 0 bridgehead atoms. The first kappa shape index (κ1) is 21.8. The minimum Gasteiger partial charge on any atom is -0.455 e. The highest BCUT2D eigenvalue weighted by Crippen LogP contribution is 2.26. The number of hydrogen-bond acceptors (Lipinski definition) is 8. The van der Waals surface area contributed by atoms with Gasteiger partial charge in [0.2, 0.25) is 5.16 Å². The molecule has 164 valence electrons. The minimum atomic E-state index is -0.420. The van der Waals surface area contributed by atoms with Gasteiger partial charge in [0.15, 0.2) is 5.82 Å². The lowest BCUT2D eigenvalue weighted by Gasteiger charge is -2.03. The highest BCUT2D eigenvalue weighted by molar-refractivity contribution is 7.98. The van der Waals surface area contributed by atoms with Gasteiger partial charge in [0.1, 0.15) is 22.9 Å². The van der Waals surface area contributed by atoms with Gasteiger partial charge in [0.05, 0.1) is 17.0 Å². The van der Waals surface area contributed by atoms with Crippen molar-refractivity contribution in [3.8, 4) is 11.3 Å². The Hall–Kier alpha value is -3.44. The molecule has 4 aromatic rings. The van der Waals surface area contributed by atoms with E-state index in [0.29, 0.717) is 44.8 Å². The summed E-state index contributed by atoms with van der Waals surface area (Å²) in [5, 5.41) is 29.2. The first-order valence-electron chi connectivity index (χ1n) is 9.47. The van der Waals surface area contributed by atoms with Gasteiger partial charge in [-0.3, -0.25) is 14.8 Å². The molecule has 0 N–H and O–H groups in total. The Morgan fingerprint density at radius 3 is 2.78 bits per heavy atom. The monoisotopic (exact) mass is 471 g/mol. The molecule has 32 heavy (non-hydrogen) atoms. The van der Waals surface area contributed by atoms with Crippen LogP contribution in [0.25, 0.3) is 11.3 Å². The van der Waals surface area contributed by atoms with E-state index in [1.165, 1.54) is 11.8 Å². The van der Waals surface area contributed by atoms with Gasteiger partial charge < -0.3 is 4.42 Å². The quantitative estimate of drug-likeness (QED) is 0.163. The maximum absolute atomic E-state index is 11.2. The second-order valence-electron chi connectivity index (χ2n) is 6.85. The number of hydrogen-bond donors (Lipinski definition) is 0. The van der Waals surface area contributed by atoms with Crippen LogP contribution in [0, 0.1) is 30.9 Å². The van der Waals surface area contributed by atoms with Crippen LogP contribution in [0.1, 0.15) is 23.0 Å². The van der Waals surface area contributed by atoms with E-state index in [2.05, 4.69) is 20.4 Å². The van der Waals surface area contributed by atoms with Crippen LogP contribution < -0.4 is 0 Å². The third-order valence-electron chi connectivity index (χ3n) is 4.65. The Morgan fingerprint density at radius 2 is 2.06 bits per heavy atom. The van der Waals surface area contributed by atoms with Crippen molar-refractivity contribution in [3.05, 3.63) is 74.5 Å². The van der Waals surface area contributed by atoms with Crippen molar-refractivity contribution < 1.29 is 9.34 Å². The van der Waals surface area contributed by atoms with Crippen LogP contribution in [0.2, 0.25) is 5.02 Å². The van der Waals surface area contributed by atoms with E-state index < -0.39 is 4.92 Å². The van der Waals surface area contributed by atoms with E-state index in [4.69, 9.17) is 16.0 Å². The maximum atomic E-state index is 11.2. The van der Waals surface area contributed by atoms with Crippen molar-refractivity contribution >= 4 is 35.3 Å². The molecule has 0 saturated heterocycles. The van der Waals surface area contributed by atoms with Crippen molar-refractivity contribution in [1.82, 2.24) is 24.7 Å². The summed E-state index contributed by atoms with van der Waals surface area (Å²) < 4.78 is 8.98. The molecule has 0 aliphatic heterocycles. The number of furan rings is 1. The lowest BCUT2D eigenvalue weighted by Crippen LogP contribution is -2.02. The molecule has 3 aromatic heterocycles. The van der Waals surface area contributed by atoms with E-state index in [1.807, 2.05) is 24.3 Å². The number of nitrogens with zero attached hydrogens (tertiary/aromatic N) is 7. The van der Waals surface area contributed by atoms with Crippen LogP contribution in [0.3, 0.4) is 0 Å². The molecule has 0 unspecified atom stereocenters. The molecule has 0 spiro atoms. The molecule has 10 nitrogen and oxygen atoms in total. The SMILES string of the molecule is Cc1nn(CSc2nnc(C)n2/N=C\c2ccc(-c3cccc(Cl)c3)o2)c(C)c1[N+](=O)[O-]. The second-order valence-corrected chi connectivity index (χ2v) is 8.20. The number of thioether (sulfide) groups is 1. The molecule has 0 aliphatic carbocycles. The summed E-state index contributed by atoms with van der Waals surface area (Å²) in [4.78, 5) is 10.8. The minimum absolute atomic E-state index is 0.0228. The molecule has 12 heteroatoms. The molecule has 3 heterocycles. The smallest absolute Gasteiger partial charge is 0.312 e. The highest BCUT2D eigenvalue weighted by atomic mass is 35.5. The van der Waals surface area contributed by atoms with Crippen molar-refractivity contribution in [2.24, 2.45) is 5.10 Å². The third kappa shape index (κ3) is 4.43. The predicted molar refractivity (Wildman–Crippen MR) is 121 cm³/mol. The summed E-state index contributed by atoms with van der Waals surface area (Å²) >= 11 is 7.36. The zero-order valence-corrected chi connectivity index (χ0v) is 19.0. The van der Waals surface area contributed by atoms with Crippen LogP contribution in [-0.4, -0.2) is 35.8 Å². The van der Waals surface area contributed by atoms with E-state index in [9.17, 15) is 10.1 Å². The molecule has 0 fully saturated rings. The van der Waals surface area contributed by atoms with E-state index in [-0.39, 0.29) is 5.69 Å². The summed E-state index contributed by atoms with van der Waals surface area (Å²) in [7, 11) is 0. The lowest BCUT2D eigenvalue weighted by atomic mass is 10.2. The fourth-order valence-electron chi connectivity index (χ4n) is 3.09. The Bertz CT molecular complexity index is 1320. The molecule has 0 amide bonds. The maximum Gasteiger partial charge on any atom is 0.312 e. The van der Waals surface area contributed by atoms with Crippen molar-refractivity contribution in [2.45, 2.75) is 31.8 Å². The van der Waals surface area contributed by atoms with Gasteiger partial charge in [-0.05, 0) is 45.0 Å². The zero-order valence-electron chi connectivity index (χ0n) is 17.4. The van der Waals surface area contributed by atoms with Crippen molar-refractivity contribution in [3.63, 3.8) is 0 Å². The topological polar surface area (TPSA) is 117 Å². The molecule has 0 aliphatic rings. The lowest BCUT2D eigenvalue weighted by molar-refractivity contribution is -0.386. The number of rotatable bonds is 7. The highest BCUT2D eigenvalue weighted by Gasteiger charge is 2.22. The van der Waals surface area contributed by atoms with Gasteiger partial charge in [-0.2, -0.15) is 14.9 Å². The fraction of sp³-hybridized carbons (Fsp3) is 0.200. The van der Waals surface area contributed by atoms with Crippen LogP contribution >= 0.6 is 23.4 Å². The number of nitro groups is 1. The van der Waals surface area contributed by atoms with Gasteiger partial charge in [0.25, 0.3) is 0 Å². The normalized spacial score (nSPS) is 11.5. The number of aromatic nitrogens is 5. The summed E-state index contributed by atoms with van der Waals surface area (Å²) in [5.74, 6) is 2.14. The average Bonchev–Trinajstić information content (AvgIpc) is 3.43. The van der Waals surface area contributed by atoms with Crippen LogP contribution in [-0.2, 0) is 5.88 Å². The Labute approximate surface area is 192 Å². The van der Waals surface area contributed by atoms with Crippen molar-refractivity contribution in [2.75, 3.05) is 0 Å². The Morgan fingerprint density at radius 1 is 1.25 bits per heavy atom. The first-order chi connectivity index (χ1) is 15.3. The van der Waals surface area contributed by atoms with Gasteiger partial charge in [0, 0.05) is 10.6 Å². The van der Waals surface area contributed by atoms with Crippen LogP contribution in [0.5, 0.6) is 0 Å². The summed E-state index contributed by atoms with van der Waals surface area (Å²) in [6.45, 7) is 5.06. The number of halogens is 1. The molecule has 1 aromatic carbocycles. The van der Waals surface area contributed by atoms with Crippen LogP contribution in [0.4, 0.5) is 5.69 Å². The standard InChI is InChI=1S/C20H18ClN7O3S/c1-12-19(28(29)30)13(2)26(25-12)11-32-20-24-23-14(3)27(20)22-10-17-7-8-18(31-17)15-5-4-6-16(21)9-15/h4-10H,11H2,1-3H3/b22-10-. The molecular weight excluding hydrogens is 454 g/mol. The molecule has 0 radical (unpaired) electrons. The average molecular weight is 472 g/mol. The van der Waals surface area contributed by atoms with Gasteiger partial charge >= 0.3 is 5.69 Å². The van der Waals surface area contributed by atoms with Crippen molar-refractivity contribution in [1.29, 1.82) is 0 Å². The van der Waals surface area contributed by atoms with Crippen LogP contribution in [0.15, 0.2) is 51.1 Å². The molecule has 4 rings (SSSR count). The third-order valence-corrected chi connectivity index (χ3v) is 5.77. The summed E-state index contributed by atoms with van der Waals surface area (Å²) in [6, 6.07) is 11.0. The summed E-state index contributed by atoms with van der Waals surface area (Å²) in [6.07, 6.45) is 1.57. The van der Waals surface area contributed by atoms with Gasteiger partial charge in [-0.15, -0.1) is 10.2 Å². The summed E-state index contributed by atoms with van der Waals surface area (Å²) in [5.41, 5.74) is 1.75. The first-order valence-corrected chi connectivity index (χ1v) is 10.8. The predicted octanol–water partition coefficient (Wildman–Crippen LogP) is 4.85. The number of aryl methyl sites for hydroxylation is 2. The number of benzene rings is 1. The molecular formula is C20H18ClN7O3S. The van der Waals surface area contributed by atoms with Gasteiger partial charge in [-0.25, -0.2) is 0 Å². The van der Waals surface area contributed by atoms with E-state index in [0.717, 1.165) is 5.56 Å². The largest absolute Gasteiger partial charge is 0.455 e. The molecule has 0 saturated carbocycles. The molecule has 0 atom stereocenters. The fourth-order valence-corrected chi connectivity index (χ4v) is 4.17. The Balaban J connectivity index is 1.51. The Kier molecular flexibility index (Phi) is 6.10. The van der Waals surface area contributed by atoms with Gasteiger partial charge in [-0.1, -0.05) is 35.5 Å².